The average molecular weight is 289 g/mol. The summed E-state index contributed by atoms with van der Waals surface area (Å²) in [5.41, 5.74) is 2.91. The molecule has 2 aliphatic rings. The minimum absolute atomic E-state index is 0.768. The molecule has 2 heteroatoms. The molecule has 3 rings (SSSR count). The van der Waals surface area contributed by atoms with Crippen LogP contribution < -0.4 is 5.32 Å². The number of aryl methyl sites for hydroxylation is 1. The third kappa shape index (κ3) is 3.23. The smallest absolute Gasteiger partial charge is 0.0201 e. The molecule has 0 radical (unpaired) electrons. The molecule has 0 aromatic heterocycles. The standard InChI is InChI=1S/C18H27NS/c1-3-20-18-6-4-5-17(18)19-16-11-15(12-16)14-9-7-13(2)8-10-14/h7-10,15-19H,3-6,11-12H2,1-2H3. The Bertz CT molecular complexity index is 422. The molecule has 110 valence electrons. The predicted molar refractivity (Wildman–Crippen MR) is 89.6 cm³/mol. The Morgan fingerprint density at radius 3 is 2.60 bits per heavy atom. The Kier molecular flexibility index (Phi) is 4.72. The maximum atomic E-state index is 3.94. The maximum Gasteiger partial charge on any atom is 0.0201 e. The predicted octanol–water partition coefficient (Wildman–Crippen LogP) is 4.50. The lowest BCUT2D eigenvalue weighted by Gasteiger charge is -2.39. The van der Waals surface area contributed by atoms with Gasteiger partial charge >= 0.3 is 0 Å². The van der Waals surface area contributed by atoms with Crippen molar-refractivity contribution in [1.82, 2.24) is 5.32 Å². The van der Waals surface area contributed by atoms with Crippen LogP contribution in [0.3, 0.4) is 0 Å². The zero-order valence-corrected chi connectivity index (χ0v) is 13.6. The van der Waals surface area contributed by atoms with Crippen LogP contribution in [0.25, 0.3) is 0 Å². The molecule has 2 aliphatic carbocycles. The van der Waals surface area contributed by atoms with E-state index in [0.29, 0.717) is 0 Å². The molecule has 2 unspecified atom stereocenters. The van der Waals surface area contributed by atoms with Crippen LogP contribution in [0.1, 0.15) is 56.1 Å². The van der Waals surface area contributed by atoms with Gasteiger partial charge in [-0.25, -0.2) is 0 Å². The molecule has 0 aliphatic heterocycles. The third-order valence-corrected chi connectivity index (χ3v) is 6.30. The highest BCUT2D eigenvalue weighted by Gasteiger charge is 2.35. The first-order valence-electron chi connectivity index (χ1n) is 8.20. The van der Waals surface area contributed by atoms with Crippen molar-refractivity contribution < 1.29 is 0 Å². The van der Waals surface area contributed by atoms with Crippen LogP contribution >= 0.6 is 11.8 Å². The molecule has 1 aromatic rings. The van der Waals surface area contributed by atoms with Crippen LogP contribution in [0.5, 0.6) is 0 Å². The van der Waals surface area contributed by atoms with E-state index in [9.17, 15) is 0 Å². The van der Waals surface area contributed by atoms with Gasteiger partial charge in [-0.1, -0.05) is 43.2 Å². The lowest BCUT2D eigenvalue weighted by atomic mass is 9.75. The molecule has 2 atom stereocenters. The van der Waals surface area contributed by atoms with Crippen LogP contribution in [-0.2, 0) is 0 Å². The fourth-order valence-corrected chi connectivity index (χ4v) is 4.91. The van der Waals surface area contributed by atoms with Gasteiger partial charge in [-0.3, -0.25) is 0 Å². The SMILES string of the molecule is CCSC1CCCC1NC1CC(c2ccc(C)cc2)C1. The van der Waals surface area contributed by atoms with Crippen LogP contribution in [0.15, 0.2) is 24.3 Å². The molecule has 1 nitrogen and oxygen atoms in total. The second kappa shape index (κ2) is 6.53. The highest BCUT2D eigenvalue weighted by Crippen LogP contribution is 2.39. The molecule has 20 heavy (non-hydrogen) atoms. The first kappa shape index (κ1) is 14.5. The Hall–Kier alpha value is -0.470. The fraction of sp³-hybridized carbons (Fsp3) is 0.667. The van der Waals surface area contributed by atoms with Crippen molar-refractivity contribution in [2.45, 2.75) is 69.2 Å². The molecule has 2 saturated carbocycles. The van der Waals surface area contributed by atoms with Gasteiger partial charge in [0.1, 0.15) is 0 Å². The first-order chi connectivity index (χ1) is 9.76. The highest BCUT2D eigenvalue weighted by molar-refractivity contribution is 7.99. The normalized spacial score (nSPS) is 33.1. The Balaban J connectivity index is 1.47. The topological polar surface area (TPSA) is 12.0 Å². The number of hydrogen-bond acceptors (Lipinski definition) is 2. The van der Waals surface area contributed by atoms with Gasteiger partial charge in [-0.05, 0) is 49.8 Å². The number of rotatable bonds is 5. The van der Waals surface area contributed by atoms with Crippen molar-refractivity contribution in [3.05, 3.63) is 35.4 Å². The van der Waals surface area contributed by atoms with Crippen LogP contribution in [0.4, 0.5) is 0 Å². The fourth-order valence-electron chi connectivity index (χ4n) is 3.70. The van der Waals surface area contributed by atoms with E-state index in [0.717, 1.165) is 23.3 Å². The largest absolute Gasteiger partial charge is 0.310 e. The molecule has 0 heterocycles. The van der Waals surface area contributed by atoms with E-state index in [1.807, 2.05) is 0 Å². The van der Waals surface area contributed by atoms with Gasteiger partial charge in [-0.2, -0.15) is 11.8 Å². The van der Waals surface area contributed by atoms with Gasteiger partial charge in [0, 0.05) is 17.3 Å². The monoisotopic (exact) mass is 289 g/mol. The van der Waals surface area contributed by atoms with Gasteiger partial charge in [0.15, 0.2) is 0 Å². The molecule has 1 aromatic carbocycles. The van der Waals surface area contributed by atoms with E-state index in [1.165, 1.54) is 43.4 Å². The van der Waals surface area contributed by atoms with Gasteiger partial charge in [0.05, 0.1) is 0 Å². The van der Waals surface area contributed by atoms with Gasteiger partial charge in [-0.15, -0.1) is 0 Å². The number of thioether (sulfide) groups is 1. The molecule has 0 spiro atoms. The Labute approximate surface area is 127 Å². The summed E-state index contributed by atoms with van der Waals surface area (Å²) in [4.78, 5) is 0. The van der Waals surface area contributed by atoms with E-state index < -0.39 is 0 Å². The lowest BCUT2D eigenvalue weighted by Crippen LogP contribution is -2.47. The summed E-state index contributed by atoms with van der Waals surface area (Å²) in [7, 11) is 0. The summed E-state index contributed by atoms with van der Waals surface area (Å²) in [6.07, 6.45) is 6.91. The lowest BCUT2D eigenvalue weighted by molar-refractivity contribution is 0.266. The van der Waals surface area contributed by atoms with Gasteiger partial charge < -0.3 is 5.32 Å². The van der Waals surface area contributed by atoms with Crippen LogP contribution in [0, 0.1) is 6.92 Å². The molecule has 2 fully saturated rings. The van der Waals surface area contributed by atoms with Crippen LogP contribution in [-0.4, -0.2) is 23.1 Å². The van der Waals surface area contributed by atoms with E-state index in [4.69, 9.17) is 0 Å². The van der Waals surface area contributed by atoms with Crippen molar-refractivity contribution in [1.29, 1.82) is 0 Å². The number of nitrogens with one attached hydrogen (secondary N) is 1. The second-order valence-corrected chi connectivity index (χ2v) is 7.99. The van der Waals surface area contributed by atoms with E-state index >= 15 is 0 Å². The summed E-state index contributed by atoms with van der Waals surface area (Å²) in [6, 6.07) is 10.7. The summed E-state index contributed by atoms with van der Waals surface area (Å²) >= 11 is 2.16. The summed E-state index contributed by atoms with van der Waals surface area (Å²) < 4.78 is 0. The van der Waals surface area contributed by atoms with Gasteiger partial charge in [0.25, 0.3) is 0 Å². The highest BCUT2D eigenvalue weighted by atomic mass is 32.2. The summed E-state index contributed by atoms with van der Waals surface area (Å²) in [5, 5.41) is 4.81. The summed E-state index contributed by atoms with van der Waals surface area (Å²) in [5.74, 6) is 2.06. The maximum absolute atomic E-state index is 3.94. The molecule has 1 N–H and O–H groups in total. The molecule has 0 saturated heterocycles. The second-order valence-electron chi connectivity index (χ2n) is 6.47. The number of hydrogen-bond donors (Lipinski definition) is 1. The Morgan fingerprint density at radius 2 is 1.90 bits per heavy atom. The Morgan fingerprint density at radius 1 is 1.15 bits per heavy atom. The molecule has 0 amide bonds. The van der Waals surface area contributed by atoms with Crippen molar-refractivity contribution in [3.63, 3.8) is 0 Å². The minimum atomic E-state index is 0.768. The van der Waals surface area contributed by atoms with E-state index in [1.54, 1.807) is 5.56 Å². The zero-order valence-electron chi connectivity index (χ0n) is 12.8. The van der Waals surface area contributed by atoms with Crippen LogP contribution in [0.2, 0.25) is 0 Å². The summed E-state index contributed by atoms with van der Waals surface area (Å²) in [6.45, 7) is 4.46. The van der Waals surface area contributed by atoms with E-state index in [-0.39, 0.29) is 0 Å². The number of benzene rings is 1. The van der Waals surface area contributed by atoms with Crippen molar-refractivity contribution in [2.75, 3.05) is 5.75 Å². The third-order valence-electron chi connectivity index (χ3n) is 4.97. The van der Waals surface area contributed by atoms with Gasteiger partial charge in [0.2, 0.25) is 0 Å². The first-order valence-corrected chi connectivity index (χ1v) is 9.25. The van der Waals surface area contributed by atoms with E-state index in [2.05, 4.69) is 55.2 Å². The average Bonchev–Trinajstić information content (AvgIpc) is 2.83. The zero-order chi connectivity index (χ0) is 13.9. The van der Waals surface area contributed by atoms with Crippen molar-refractivity contribution >= 4 is 11.8 Å². The van der Waals surface area contributed by atoms with Crippen molar-refractivity contribution in [3.8, 4) is 0 Å². The molecular formula is C18H27NS. The quantitative estimate of drug-likeness (QED) is 0.856. The minimum Gasteiger partial charge on any atom is -0.310 e. The molecule has 0 bridgehead atoms. The molecular weight excluding hydrogens is 262 g/mol. The van der Waals surface area contributed by atoms with Crippen molar-refractivity contribution in [2.24, 2.45) is 0 Å².